The average Bonchev–Trinajstić information content (AvgIpc) is 3.31. The molecular formula is C30H32FN5O4. The van der Waals surface area contributed by atoms with Crippen LogP contribution in [0, 0.1) is 5.95 Å². The Morgan fingerprint density at radius 2 is 1.85 bits per heavy atom. The van der Waals surface area contributed by atoms with E-state index in [1.165, 1.54) is 19.2 Å². The molecule has 0 fully saturated rings. The molecule has 0 aliphatic heterocycles. The number of fused-ring (bicyclic) bond motifs is 1. The van der Waals surface area contributed by atoms with Gasteiger partial charge in [-0.2, -0.15) is 4.39 Å². The molecule has 0 saturated carbocycles. The summed E-state index contributed by atoms with van der Waals surface area (Å²) in [6, 6.07) is 10.5. The zero-order valence-corrected chi connectivity index (χ0v) is 23.4. The number of carbonyl (C=O) groups is 2. The normalized spacial score (nSPS) is 12.2. The number of hydrogen-bond donors (Lipinski definition) is 0. The Morgan fingerprint density at radius 3 is 2.52 bits per heavy atom. The standard InChI is InChI=1S/C30H32FN5O4/c1-19(40-20(2)37)36-18-27(21-9-10-32-28(31)15-21)26-14-23(17-33-30(26)36)22-12-24(16-25(13-22)39-6)35(5)29(38)8-7-11-34(3)4/h7-10,12-19H,11H2,1-6H3. The largest absolute Gasteiger partial charge is 0.497 e. The number of esters is 1. The number of hydrogen-bond acceptors (Lipinski definition) is 7. The van der Waals surface area contributed by atoms with Gasteiger partial charge in [0.15, 0.2) is 6.23 Å². The van der Waals surface area contributed by atoms with E-state index >= 15 is 0 Å². The molecule has 3 aromatic heterocycles. The fourth-order valence-electron chi connectivity index (χ4n) is 4.33. The summed E-state index contributed by atoms with van der Waals surface area (Å²) >= 11 is 0. The first-order valence-electron chi connectivity index (χ1n) is 12.7. The Hall–Kier alpha value is -4.57. The molecule has 0 spiro atoms. The van der Waals surface area contributed by atoms with Gasteiger partial charge in [0, 0.05) is 79.5 Å². The number of halogens is 1. The number of nitrogens with zero attached hydrogens (tertiary/aromatic N) is 5. The van der Waals surface area contributed by atoms with Gasteiger partial charge in [0.05, 0.1) is 7.11 Å². The van der Waals surface area contributed by atoms with Crippen molar-refractivity contribution in [3.8, 4) is 28.0 Å². The third-order valence-corrected chi connectivity index (χ3v) is 6.34. The Bertz CT molecular complexity index is 1580. The van der Waals surface area contributed by atoms with E-state index in [0.717, 1.165) is 16.5 Å². The van der Waals surface area contributed by atoms with Gasteiger partial charge in [0.25, 0.3) is 0 Å². The summed E-state index contributed by atoms with van der Waals surface area (Å²) in [6.07, 6.45) is 7.60. The highest BCUT2D eigenvalue weighted by molar-refractivity contribution is 6.02. The lowest BCUT2D eigenvalue weighted by molar-refractivity contribution is -0.149. The Labute approximate surface area is 232 Å². The SMILES string of the molecule is COc1cc(-c2cnc3c(c2)c(-c2ccnc(F)c2)cn3C(C)OC(C)=O)cc(N(C)C(=O)C=CCN(C)C)c1. The van der Waals surface area contributed by atoms with Crippen molar-refractivity contribution in [2.75, 3.05) is 39.7 Å². The summed E-state index contributed by atoms with van der Waals surface area (Å²) in [7, 11) is 7.13. The summed E-state index contributed by atoms with van der Waals surface area (Å²) in [5, 5.41) is 0.725. The number of carbonyl (C=O) groups excluding carboxylic acids is 2. The highest BCUT2D eigenvalue weighted by Crippen LogP contribution is 2.36. The topological polar surface area (TPSA) is 89.8 Å². The maximum atomic E-state index is 14.1. The number of benzene rings is 1. The van der Waals surface area contributed by atoms with Crippen molar-refractivity contribution in [3.05, 3.63) is 73.1 Å². The van der Waals surface area contributed by atoms with E-state index in [2.05, 4.69) is 4.98 Å². The zero-order chi connectivity index (χ0) is 29.0. The molecule has 1 atom stereocenters. The number of anilines is 1. The van der Waals surface area contributed by atoms with Gasteiger partial charge in [0.1, 0.15) is 11.4 Å². The fourth-order valence-corrected chi connectivity index (χ4v) is 4.33. The highest BCUT2D eigenvalue weighted by atomic mass is 19.1. The zero-order valence-electron chi connectivity index (χ0n) is 23.4. The monoisotopic (exact) mass is 545 g/mol. The van der Waals surface area contributed by atoms with Gasteiger partial charge < -0.3 is 19.3 Å². The maximum Gasteiger partial charge on any atom is 0.304 e. The van der Waals surface area contributed by atoms with Crippen molar-refractivity contribution in [2.24, 2.45) is 0 Å². The molecule has 4 rings (SSSR count). The number of likely N-dealkylation sites (N-methyl/N-ethyl adjacent to an activating group) is 2. The number of pyridine rings is 2. The lowest BCUT2D eigenvalue weighted by Crippen LogP contribution is -2.24. The first-order valence-corrected chi connectivity index (χ1v) is 12.7. The maximum absolute atomic E-state index is 14.1. The van der Waals surface area contributed by atoms with E-state index in [0.29, 0.717) is 34.8 Å². The van der Waals surface area contributed by atoms with Crippen molar-refractivity contribution in [2.45, 2.75) is 20.1 Å². The Morgan fingerprint density at radius 1 is 1.07 bits per heavy atom. The molecule has 40 heavy (non-hydrogen) atoms. The van der Waals surface area contributed by atoms with E-state index in [-0.39, 0.29) is 5.91 Å². The van der Waals surface area contributed by atoms with Crippen molar-refractivity contribution < 1.29 is 23.5 Å². The van der Waals surface area contributed by atoms with Gasteiger partial charge in [0.2, 0.25) is 11.9 Å². The van der Waals surface area contributed by atoms with E-state index < -0.39 is 18.1 Å². The number of amides is 1. The molecule has 10 heteroatoms. The molecule has 0 radical (unpaired) electrons. The van der Waals surface area contributed by atoms with Crippen LogP contribution in [0.4, 0.5) is 10.1 Å². The molecule has 0 bridgehead atoms. The minimum absolute atomic E-state index is 0.173. The highest BCUT2D eigenvalue weighted by Gasteiger charge is 2.19. The van der Waals surface area contributed by atoms with Gasteiger partial charge >= 0.3 is 5.97 Å². The van der Waals surface area contributed by atoms with Crippen LogP contribution in [0.15, 0.2) is 67.1 Å². The van der Waals surface area contributed by atoms with Crippen LogP contribution in [0.25, 0.3) is 33.3 Å². The second kappa shape index (κ2) is 12.1. The van der Waals surface area contributed by atoms with Crippen molar-refractivity contribution in [3.63, 3.8) is 0 Å². The van der Waals surface area contributed by atoms with Crippen LogP contribution in [0.1, 0.15) is 20.1 Å². The first-order chi connectivity index (χ1) is 19.1. The smallest absolute Gasteiger partial charge is 0.304 e. The molecule has 0 N–H and O–H groups in total. The van der Waals surface area contributed by atoms with Crippen LogP contribution in [-0.2, 0) is 14.3 Å². The van der Waals surface area contributed by atoms with Gasteiger partial charge in [-0.1, -0.05) is 6.08 Å². The summed E-state index contributed by atoms with van der Waals surface area (Å²) in [4.78, 5) is 36.3. The lowest BCUT2D eigenvalue weighted by Gasteiger charge is -2.18. The third kappa shape index (κ3) is 6.35. The van der Waals surface area contributed by atoms with Crippen LogP contribution in [0.2, 0.25) is 0 Å². The third-order valence-electron chi connectivity index (χ3n) is 6.34. The van der Waals surface area contributed by atoms with Crippen LogP contribution < -0.4 is 9.64 Å². The van der Waals surface area contributed by atoms with E-state index in [9.17, 15) is 14.0 Å². The fraction of sp³-hybridized carbons (Fsp3) is 0.267. The first kappa shape index (κ1) is 28.4. The Balaban J connectivity index is 1.82. The minimum atomic E-state index is -0.637. The van der Waals surface area contributed by atoms with Gasteiger partial charge in [-0.25, -0.2) is 9.97 Å². The molecule has 4 aromatic rings. The molecule has 0 saturated heterocycles. The summed E-state index contributed by atoms with van der Waals surface area (Å²) in [6.45, 7) is 3.72. The van der Waals surface area contributed by atoms with E-state index in [1.807, 2.05) is 43.3 Å². The van der Waals surface area contributed by atoms with Gasteiger partial charge in [-0.15, -0.1) is 0 Å². The molecule has 1 unspecified atom stereocenters. The quantitative estimate of drug-likeness (QED) is 0.165. The summed E-state index contributed by atoms with van der Waals surface area (Å²) in [5.74, 6) is -0.642. The molecule has 0 aliphatic rings. The summed E-state index contributed by atoms with van der Waals surface area (Å²) in [5.41, 5.74) is 4.04. The minimum Gasteiger partial charge on any atom is -0.497 e. The molecule has 3 heterocycles. The second-order valence-electron chi connectivity index (χ2n) is 9.60. The second-order valence-corrected chi connectivity index (χ2v) is 9.60. The van der Waals surface area contributed by atoms with Crippen molar-refractivity contribution in [1.29, 1.82) is 0 Å². The van der Waals surface area contributed by atoms with Gasteiger partial charge in [-0.05, 0) is 56.4 Å². The molecule has 208 valence electrons. The summed E-state index contributed by atoms with van der Waals surface area (Å²) < 4.78 is 26.7. The van der Waals surface area contributed by atoms with E-state index in [4.69, 9.17) is 14.5 Å². The van der Waals surface area contributed by atoms with Crippen LogP contribution in [0.5, 0.6) is 5.75 Å². The van der Waals surface area contributed by atoms with E-state index in [1.54, 1.807) is 61.2 Å². The number of aromatic nitrogens is 3. The van der Waals surface area contributed by atoms with Crippen LogP contribution in [-0.4, -0.2) is 66.1 Å². The van der Waals surface area contributed by atoms with Crippen molar-refractivity contribution in [1.82, 2.24) is 19.4 Å². The molecule has 0 aliphatic carbocycles. The van der Waals surface area contributed by atoms with Crippen molar-refractivity contribution >= 4 is 28.6 Å². The molecular weight excluding hydrogens is 513 g/mol. The molecule has 1 aromatic carbocycles. The number of rotatable bonds is 9. The predicted octanol–water partition coefficient (Wildman–Crippen LogP) is 5.08. The molecule has 9 nitrogen and oxygen atoms in total. The van der Waals surface area contributed by atoms with Crippen LogP contribution >= 0.6 is 0 Å². The number of ether oxygens (including phenoxy) is 2. The average molecular weight is 546 g/mol. The number of methoxy groups -OCH3 is 1. The van der Waals surface area contributed by atoms with Gasteiger partial charge in [-0.3, -0.25) is 14.2 Å². The predicted molar refractivity (Wildman–Crippen MR) is 152 cm³/mol. The lowest BCUT2D eigenvalue weighted by atomic mass is 10.0. The van der Waals surface area contributed by atoms with Crippen LogP contribution in [0.3, 0.4) is 0 Å². The Kier molecular flexibility index (Phi) is 8.59. The molecule has 1 amide bonds.